The first-order valence-electron chi connectivity index (χ1n) is 9.36. The van der Waals surface area contributed by atoms with E-state index in [1.54, 1.807) is 6.20 Å². The molecule has 4 rings (SSSR count). The minimum atomic E-state index is 0.272. The summed E-state index contributed by atoms with van der Waals surface area (Å²) in [5.41, 5.74) is 11.0. The van der Waals surface area contributed by atoms with Crippen molar-refractivity contribution in [3.63, 3.8) is 0 Å². The van der Waals surface area contributed by atoms with Crippen LogP contribution in [0.5, 0.6) is 0 Å². The summed E-state index contributed by atoms with van der Waals surface area (Å²) in [5, 5.41) is 13.9. The molecule has 0 amide bonds. The number of rotatable bonds is 5. The van der Waals surface area contributed by atoms with Gasteiger partial charge in [0.2, 0.25) is 0 Å². The van der Waals surface area contributed by atoms with Crippen LogP contribution in [-0.4, -0.2) is 19.6 Å². The second-order valence-electron chi connectivity index (χ2n) is 7.05. The van der Waals surface area contributed by atoms with E-state index >= 15 is 0 Å². The van der Waals surface area contributed by atoms with E-state index in [1.165, 1.54) is 16.9 Å². The third-order valence-electron chi connectivity index (χ3n) is 4.94. The standard InChI is InChI=1S/C22H23N5OS/c1-14-3-8-18(15(2)11-14)19(12-28)20-21(23)26-22(29-20)25-16-4-6-17(7-5-16)27-10-9-24-13-27/h3-6,8-13,17,28H,7,23H2,1-2H3,(H,25,26). The van der Waals surface area contributed by atoms with Crippen LogP contribution in [0.1, 0.15) is 34.0 Å². The summed E-state index contributed by atoms with van der Waals surface area (Å²) in [7, 11) is 0. The molecule has 2 aromatic heterocycles. The Morgan fingerprint density at radius 1 is 1.38 bits per heavy atom. The van der Waals surface area contributed by atoms with Crippen LogP contribution in [0.2, 0.25) is 0 Å². The summed E-state index contributed by atoms with van der Waals surface area (Å²) in [6.45, 7) is 4.07. The molecule has 1 unspecified atom stereocenters. The number of nitrogens with zero attached hydrogens (tertiary/aromatic N) is 3. The molecule has 3 aromatic rings. The summed E-state index contributed by atoms with van der Waals surface area (Å²) >= 11 is 1.43. The van der Waals surface area contributed by atoms with Gasteiger partial charge in [-0.3, -0.25) is 0 Å². The highest BCUT2D eigenvalue weighted by Gasteiger charge is 2.18. The third-order valence-corrected chi connectivity index (χ3v) is 5.96. The van der Waals surface area contributed by atoms with E-state index in [1.807, 2.05) is 44.6 Å². The van der Waals surface area contributed by atoms with Crippen LogP contribution in [-0.2, 0) is 0 Å². The van der Waals surface area contributed by atoms with Gasteiger partial charge in [-0.1, -0.05) is 47.3 Å². The maximum absolute atomic E-state index is 9.91. The van der Waals surface area contributed by atoms with Gasteiger partial charge in [0.15, 0.2) is 5.13 Å². The zero-order chi connectivity index (χ0) is 20.4. The highest BCUT2D eigenvalue weighted by Crippen LogP contribution is 2.37. The Morgan fingerprint density at radius 2 is 2.24 bits per heavy atom. The zero-order valence-electron chi connectivity index (χ0n) is 16.3. The van der Waals surface area contributed by atoms with Gasteiger partial charge in [-0.15, -0.1) is 0 Å². The van der Waals surface area contributed by atoms with E-state index in [9.17, 15) is 5.11 Å². The lowest BCUT2D eigenvalue weighted by atomic mass is 9.98. The van der Waals surface area contributed by atoms with Gasteiger partial charge >= 0.3 is 0 Å². The second kappa shape index (κ2) is 7.97. The molecule has 0 spiro atoms. The molecule has 2 heterocycles. The molecule has 0 aliphatic heterocycles. The number of nitrogens with two attached hydrogens (primary N) is 1. The minimum absolute atomic E-state index is 0.272. The minimum Gasteiger partial charge on any atom is -0.515 e. The molecule has 1 atom stereocenters. The van der Waals surface area contributed by atoms with E-state index in [0.717, 1.165) is 34.4 Å². The van der Waals surface area contributed by atoms with Gasteiger partial charge in [0.05, 0.1) is 23.5 Å². The predicted octanol–water partition coefficient (Wildman–Crippen LogP) is 4.98. The number of aliphatic hydroxyl groups excluding tert-OH is 1. The van der Waals surface area contributed by atoms with E-state index in [-0.39, 0.29) is 6.04 Å². The maximum Gasteiger partial charge on any atom is 0.189 e. The Kier molecular flexibility index (Phi) is 5.22. The smallest absolute Gasteiger partial charge is 0.189 e. The lowest BCUT2D eigenvalue weighted by Gasteiger charge is -2.17. The number of thiazole rings is 1. The number of anilines is 2. The van der Waals surface area contributed by atoms with Gasteiger partial charge in [-0.2, -0.15) is 0 Å². The first-order valence-corrected chi connectivity index (χ1v) is 10.2. The SMILES string of the molecule is Cc1ccc(C(=CO)c2sc(NC3=CCC(n4ccnc4)C=C3)nc2N)c(C)c1. The number of hydrogen-bond donors (Lipinski definition) is 3. The molecule has 29 heavy (non-hydrogen) atoms. The van der Waals surface area contributed by atoms with Gasteiger partial charge in [0.25, 0.3) is 0 Å². The number of aromatic nitrogens is 3. The average Bonchev–Trinajstić information content (AvgIpc) is 3.35. The van der Waals surface area contributed by atoms with E-state index in [0.29, 0.717) is 16.5 Å². The Hall–Kier alpha value is -3.32. The Balaban J connectivity index is 1.53. The molecule has 7 heteroatoms. The van der Waals surface area contributed by atoms with Crippen molar-refractivity contribution in [2.24, 2.45) is 0 Å². The summed E-state index contributed by atoms with van der Waals surface area (Å²) < 4.78 is 2.07. The summed E-state index contributed by atoms with van der Waals surface area (Å²) in [4.78, 5) is 9.31. The number of hydrogen-bond acceptors (Lipinski definition) is 6. The molecule has 0 bridgehead atoms. The third kappa shape index (κ3) is 3.95. The molecular weight excluding hydrogens is 382 g/mol. The number of imidazole rings is 1. The van der Waals surface area contributed by atoms with Crippen LogP contribution in [0.15, 0.2) is 67.1 Å². The largest absolute Gasteiger partial charge is 0.515 e. The number of benzene rings is 1. The van der Waals surface area contributed by atoms with E-state index < -0.39 is 0 Å². The number of nitrogen functional groups attached to an aromatic ring is 1. The first-order chi connectivity index (χ1) is 14.0. The van der Waals surface area contributed by atoms with Crippen LogP contribution in [0.4, 0.5) is 10.9 Å². The molecule has 0 saturated heterocycles. The molecule has 1 aliphatic carbocycles. The van der Waals surface area contributed by atoms with E-state index in [4.69, 9.17) is 5.73 Å². The number of allylic oxidation sites excluding steroid dienone is 3. The van der Waals surface area contributed by atoms with Crippen molar-refractivity contribution in [2.75, 3.05) is 11.1 Å². The lowest BCUT2D eigenvalue weighted by molar-refractivity contribution is 0.476. The Labute approximate surface area is 173 Å². The zero-order valence-corrected chi connectivity index (χ0v) is 17.1. The molecule has 0 fully saturated rings. The molecule has 148 valence electrons. The van der Waals surface area contributed by atoms with Crippen molar-refractivity contribution in [1.29, 1.82) is 0 Å². The van der Waals surface area contributed by atoms with Crippen LogP contribution in [0.3, 0.4) is 0 Å². The van der Waals surface area contributed by atoms with Crippen LogP contribution in [0.25, 0.3) is 5.57 Å². The molecule has 4 N–H and O–H groups in total. The first kappa shape index (κ1) is 19.0. The molecular formula is C22H23N5OS. The fourth-order valence-electron chi connectivity index (χ4n) is 3.46. The van der Waals surface area contributed by atoms with Crippen molar-refractivity contribution in [3.8, 4) is 0 Å². The topological polar surface area (TPSA) is 89.0 Å². The van der Waals surface area contributed by atoms with Gasteiger partial charge in [-0.25, -0.2) is 9.97 Å². The predicted molar refractivity (Wildman–Crippen MR) is 119 cm³/mol. The molecule has 1 aliphatic rings. The lowest BCUT2D eigenvalue weighted by Crippen LogP contribution is -2.08. The number of aliphatic hydroxyl groups is 1. The van der Waals surface area contributed by atoms with Crippen LogP contribution in [0, 0.1) is 13.8 Å². The molecule has 6 nitrogen and oxygen atoms in total. The van der Waals surface area contributed by atoms with Crippen molar-refractivity contribution < 1.29 is 5.11 Å². The average molecular weight is 406 g/mol. The Bertz CT molecular complexity index is 1110. The maximum atomic E-state index is 9.91. The Morgan fingerprint density at radius 3 is 2.90 bits per heavy atom. The normalized spacial score (nSPS) is 16.7. The number of nitrogens with one attached hydrogen (secondary N) is 1. The monoisotopic (exact) mass is 405 g/mol. The van der Waals surface area contributed by atoms with Crippen LogP contribution < -0.4 is 11.1 Å². The number of aryl methyl sites for hydroxylation is 2. The fraction of sp³-hybridized carbons (Fsp3) is 0.182. The molecule has 0 saturated carbocycles. The summed E-state index contributed by atoms with van der Waals surface area (Å²) in [5.74, 6) is 0.398. The van der Waals surface area contributed by atoms with Gasteiger partial charge in [0.1, 0.15) is 5.82 Å². The van der Waals surface area contributed by atoms with Crippen molar-refractivity contribution in [3.05, 3.63) is 88.7 Å². The highest BCUT2D eigenvalue weighted by molar-refractivity contribution is 7.17. The van der Waals surface area contributed by atoms with E-state index in [2.05, 4.69) is 38.1 Å². The summed E-state index contributed by atoms with van der Waals surface area (Å²) in [6, 6.07) is 6.38. The molecule has 1 aromatic carbocycles. The van der Waals surface area contributed by atoms with Gasteiger partial charge in [-0.05, 0) is 37.5 Å². The van der Waals surface area contributed by atoms with Gasteiger partial charge in [0, 0.05) is 23.7 Å². The summed E-state index contributed by atoms with van der Waals surface area (Å²) in [6.07, 6.45) is 13.9. The molecule has 0 radical (unpaired) electrons. The van der Waals surface area contributed by atoms with Gasteiger partial charge < -0.3 is 20.7 Å². The van der Waals surface area contributed by atoms with Crippen molar-refractivity contribution in [1.82, 2.24) is 14.5 Å². The fourth-order valence-corrected chi connectivity index (χ4v) is 4.39. The highest BCUT2D eigenvalue weighted by atomic mass is 32.1. The van der Waals surface area contributed by atoms with Crippen molar-refractivity contribution >= 4 is 27.9 Å². The van der Waals surface area contributed by atoms with Crippen molar-refractivity contribution in [2.45, 2.75) is 26.3 Å². The van der Waals surface area contributed by atoms with Crippen LogP contribution >= 0.6 is 11.3 Å². The second-order valence-corrected chi connectivity index (χ2v) is 8.05. The quantitative estimate of drug-likeness (QED) is 0.521.